The zero-order chi connectivity index (χ0) is 21.1. The Morgan fingerprint density at radius 3 is 2.55 bits per heavy atom. The fraction of sp³-hybridized carbons (Fsp3) is 0.389. The standard InChI is InChI=1S/C18H22ClN5O5/c1-22-15-14(16(27)23(2)18(22)28)24(17(21-15)20-7-8-25)9-12(26)10-29-13-5-3-11(19)4-6-13/h3-6,12,25-26H,7-10H2,1-2H3,(H,20,21)/t12-/m1/s1. The molecule has 1 atom stereocenters. The second-order valence-electron chi connectivity index (χ2n) is 6.49. The molecule has 29 heavy (non-hydrogen) atoms. The molecule has 0 spiro atoms. The summed E-state index contributed by atoms with van der Waals surface area (Å²) in [6, 6.07) is 6.71. The monoisotopic (exact) mass is 423 g/mol. The molecule has 0 radical (unpaired) electrons. The molecule has 0 aliphatic carbocycles. The van der Waals surface area contributed by atoms with E-state index >= 15 is 0 Å². The number of benzene rings is 1. The Kier molecular flexibility index (Phi) is 6.26. The van der Waals surface area contributed by atoms with Crippen LogP contribution in [0, 0.1) is 0 Å². The number of aliphatic hydroxyl groups excluding tert-OH is 2. The van der Waals surface area contributed by atoms with Gasteiger partial charge in [-0.2, -0.15) is 4.98 Å². The zero-order valence-corrected chi connectivity index (χ0v) is 16.8. The van der Waals surface area contributed by atoms with Crippen LogP contribution in [-0.2, 0) is 20.6 Å². The van der Waals surface area contributed by atoms with E-state index in [2.05, 4.69) is 10.3 Å². The Morgan fingerprint density at radius 2 is 1.90 bits per heavy atom. The summed E-state index contributed by atoms with van der Waals surface area (Å²) in [5.74, 6) is 0.804. The molecule has 0 unspecified atom stereocenters. The fourth-order valence-corrected chi connectivity index (χ4v) is 3.04. The number of fused-ring (bicyclic) bond motifs is 1. The summed E-state index contributed by atoms with van der Waals surface area (Å²) in [6.45, 7) is -0.00451. The number of halogens is 1. The van der Waals surface area contributed by atoms with Gasteiger partial charge in [0.25, 0.3) is 5.56 Å². The highest BCUT2D eigenvalue weighted by atomic mass is 35.5. The Hall–Kier alpha value is -2.82. The third-order valence-corrected chi connectivity index (χ3v) is 4.64. The molecule has 0 saturated carbocycles. The van der Waals surface area contributed by atoms with Gasteiger partial charge in [-0.25, -0.2) is 4.79 Å². The molecule has 0 bridgehead atoms. The lowest BCUT2D eigenvalue weighted by molar-refractivity contribution is 0.0938. The van der Waals surface area contributed by atoms with E-state index in [0.29, 0.717) is 10.8 Å². The van der Waals surface area contributed by atoms with Crippen LogP contribution in [-0.4, -0.2) is 54.8 Å². The molecule has 2 aromatic heterocycles. The summed E-state index contributed by atoms with van der Waals surface area (Å²) in [4.78, 5) is 29.2. The fourth-order valence-electron chi connectivity index (χ4n) is 2.91. The highest BCUT2D eigenvalue weighted by Crippen LogP contribution is 2.18. The van der Waals surface area contributed by atoms with Crippen molar-refractivity contribution < 1.29 is 14.9 Å². The van der Waals surface area contributed by atoms with Gasteiger partial charge in [0.05, 0.1) is 13.2 Å². The first kappa shape index (κ1) is 20.9. The van der Waals surface area contributed by atoms with E-state index < -0.39 is 17.4 Å². The van der Waals surface area contributed by atoms with Crippen LogP contribution in [0.1, 0.15) is 0 Å². The van der Waals surface area contributed by atoms with Crippen LogP contribution in [0.4, 0.5) is 5.95 Å². The average molecular weight is 424 g/mol. The van der Waals surface area contributed by atoms with E-state index in [1.807, 2.05) is 0 Å². The predicted octanol–water partition coefficient (Wildman–Crippen LogP) is -0.0688. The van der Waals surface area contributed by atoms with Crippen molar-refractivity contribution in [2.24, 2.45) is 14.1 Å². The molecule has 3 rings (SSSR count). The number of rotatable bonds is 8. The number of hydrogen-bond acceptors (Lipinski definition) is 7. The number of imidazole rings is 1. The van der Waals surface area contributed by atoms with Crippen molar-refractivity contribution in [1.29, 1.82) is 0 Å². The third kappa shape index (κ3) is 4.29. The Labute approximate surface area is 170 Å². The molecule has 1 aromatic carbocycles. The SMILES string of the molecule is Cn1c(=O)c2c(nc(NCCO)n2C[C@@H](O)COc2ccc(Cl)cc2)n(C)c1=O. The van der Waals surface area contributed by atoms with Crippen molar-refractivity contribution in [2.45, 2.75) is 12.6 Å². The summed E-state index contributed by atoms with van der Waals surface area (Å²) in [7, 11) is 2.89. The summed E-state index contributed by atoms with van der Waals surface area (Å²) in [6.07, 6.45) is -0.973. The van der Waals surface area contributed by atoms with Gasteiger partial charge in [0.1, 0.15) is 18.5 Å². The summed E-state index contributed by atoms with van der Waals surface area (Å²) >= 11 is 5.84. The van der Waals surface area contributed by atoms with Gasteiger partial charge in [-0.1, -0.05) is 11.6 Å². The second kappa shape index (κ2) is 8.68. The van der Waals surface area contributed by atoms with Gasteiger partial charge in [-0.15, -0.1) is 0 Å². The van der Waals surface area contributed by atoms with Crippen LogP contribution >= 0.6 is 11.6 Å². The van der Waals surface area contributed by atoms with E-state index in [9.17, 15) is 14.7 Å². The molecule has 3 N–H and O–H groups in total. The van der Waals surface area contributed by atoms with Crippen molar-refractivity contribution in [3.8, 4) is 5.75 Å². The van der Waals surface area contributed by atoms with Crippen LogP contribution in [0.3, 0.4) is 0 Å². The van der Waals surface area contributed by atoms with Crippen molar-refractivity contribution >= 4 is 28.7 Å². The van der Waals surface area contributed by atoms with E-state index in [1.165, 1.54) is 23.2 Å². The van der Waals surface area contributed by atoms with Gasteiger partial charge >= 0.3 is 5.69 Å². The first-order chi connectivity index (χ1) is 13.8. The quantitative estimate of drug-likeness (QED) is 0.463. The van der Waals surface area contributed by atoms with Crippen molar-refractivity contribution in [3.05, 3.63) is 50.1 Å². The van der Waals surface area contributed by atoms with Crippen molar-refractivity contribution in [1.82, 2.24) is 18.7 Å². The van der Waals surface area contributed by atoms with E-state index in [4.69, 9.17) is 21.4 Å². The maximum Gasteiger partial charge on any atom is 0.332 e. The lowest BCUT2D eigenvalue weighted by Crippen LogP contribution is -2.38. The van der Waals surface area contributed by atoms with E-state index in [0.717, 1.165) is 4.57 Å². The molecule has 0 amide bonds. The van der Waals surface area contributed by atoms with Crippen LogP contribution < -0.4 is 21.3 Å². The van der Waals surface area contributed by atoms with Gasteiger partial charge in [0.2, 0.25) is 5.95 Å². The number of nitrogens with zero attached hydrogens (tertiary/aromatic N) is 4. The van der Waals surface area contributed by atoms with Crippen molar-refractivity contribution in [2.75, 3.05) is 25.1 Å². The number of aromatic nitrogens is 4. The minimum Gasteiger partial charge on any atom is -0.491 e. The van der Waals surface area contributed by atoms with E-state index in [1.54, 1.807) is 24.3 Å². The number of aliphatic hydroxyl groups is 2. The van der Waals surface area contributed by atoms with Gasteiger partial charge in [-0.05, 0) is 24.3 Å². The van der Waals surface area contributed by atoms with Crippen LogP contribution in [0.25, 0.3) is 11.2 Å². The molecular formula is C18H22ClN5O5. The first-order valence-electron chi connectivity index (χ1n) is 8.91. The average Bonchev–Trinajstić information content (AvgIpc) is 3.07. The molecule has 0 aliphatic heterocycles. The molecule has 0 fully saturated rings. The van der Waals surface area contributed by atoms with Gasteiger partial charge in [0.15, 0.2) is 11.2 Å². The Morgan fingerprint density at radius 1 is 1.21 bits per heavy atom. The number of nitrogens with one attached hydrogen (secondary N) is 1. The molecule has 10 nitrogen and oxygen atoms in total. The maximum absolute atomic E-state index is 12.7. The van der Waals surface area contributed by atoms with Gasteiger partial charge in [-0.3, -0.25) is 13.9 Å². The van der Waals surface area contributed by atoms with Crippen LogP contribution in [0.5, 0.6) is 5.75 Å². The number of hydrogen-bond donors (Lipinski definition) is 3. The van der Waals surface area contributed by atoms with Gasteiger partial charge in [0, 0.05) is 25.7 Å². The molecule has 11 heteroatoms. The molecule has 2 heterocycles. The number of ether oxygens (including phenoxy) is 1. The second-order valence-corrected chi connectivity index (χ2v) is 6.93. The van der Waals surface area contributed by atoms with Gasteiger partial charge < -0.3 is 24.8 Å². The largest absolute Gasteiger partial charge is 0.491 e. The Balaban J connectivity index is 1.92. The molecule has 0 saturated heterocycles. The number of anilines is 1. The minimum absolute atomic E-state index is 0.00864. The smallest absolute Gasteiger partial charge is 0.332 e. The summed E-state index contributed by atoms with van der Waals surface area (Å²) in [5.41, 5.74) is -0.684. The number of aryl methyl sites for hydroxylation is 1. The van der Waals surface area contributed by atoms with Crippen molar-refractivity contribution in [3.63, 3.8) is 0 Å². The van der Waals surface area contributed by atoms with E-state index in [-0.39, 0.29) is 43.4 Å². The third-order valence-electron chi connectivity index (χ3n) is 4.39. The topological polar surface area (TPSA) is 124 Å². The predicted molar refractivity (Wildman–Crippen MR) is 109 cm³/mol. The molecule has 3 aromatic rings. The zero-order valence-electron chi connectivity index (χ0n) is 16.0. The lowest BCUT2D eigenvalue weighted by atomic mass is 10.3. The highest BCUT2D eigenvalue weighted by Gasteiger charge is 2.21. The molecule has 0 aliphatic rings. The van der Waals surface area contributed by atoms with Crippen LogP contribution in [0.15, 0.2) is 33.9 Å². The normalized spacial score (nSPS) is 12.3. The summed E-state index contributed by atoms with van der Waals surface area (Å²) in [5, 5.41) is 23.1. The lowest BCUT2D eigenvalue weighted by Gasteiger charge is -2.16. The first-order valence-corrected chi connectivity index (χ1v) is 9.28. The Bertz CT molecular complexity index is 1120. The highest BCUT2D eigenvalue weighted by molar-refractivity contribution is 6.30. The summed E-state index contributed by atoms with van der Waals surface area (Å²) < 4.78 is 9.29. The molecular weight excluding hydrogens is 402 g/mol. The maximum atomic E-state index is 12.7. The minimum atomic E-state index is -0.973. The molecule has 156 valence electrons. The van der Waals surface area contributed by atoms with Crippen LogP contribution in [0.2, 0.25) is 5.02 Å².